The zero-order chi connectivity index (χ0) is 10.9. The third-order valence-corrected chi connectivity index (χ3v) is 5.38. The first-order valence-corrected chi connectivity index (χ1v) is 7.24. The number of nitrogens with zero attached hydrogens (tertiary/aromatic N) is 1. The minimum Gasteiger partial charge on any atom is -0.388 e. The summed E-state index contributed by atoms with van der Waals surface area (Å²) in [7, 11) is 0. The summed E-state index contributed by atoms with van der Waals surface area (Å²) < 4.78 is 0. The molecule has 4 heteroatoms. The van der Waals surface area contributed by atoms with Crippen LogP contribution in [0.25, 0.3) is 0 Å². The highest BCUT2D eigenvalue weighted by Crippen LogP contribution is 2.44. The van der Waals surface area contributed by atoms with Crippen LogP contribution in [0.4, 0.5) is 0 Å². The predicted molar refractivity (Wildman–Crippen MR) is 66.5 cm³/mol. The summed E-state index contributed by atoms with van der Waals surface area (Å²) in [5, 5.41) is 10.7. The van der Waals surface area contributed by atoms with Gasteiger partial charge in [0.05, 0.1) is 11.1 Å². The van der Waals surface area contributed by atoms with Gasteiger partial charge < -0.3 is 5.11 Å². The van der Waals surface area contributed by atoms with Crippen molar-refractivity contribution in [2.45, 2.75) is 32.3 Å². The van der Waals surface area contributed by atoms with Gasteiger partial charge in [-0.25, -0.2) is 0 Å². The van der Waals surface area contributed by atoms with Gasteiger partial charge in [-0.1, -0.05) is 13.8 Å². The van der Waals surface area contributed by atoms with Gasteiger partial charge in [0.2, 0.25) is 0 Å². The Bertz CT molecular complexity index is 323. The molecule has 1 fully saturated rings. The molecular weight excluding hydrogens is 226 g/mol. The topological polar surface area (TPSA) is 33.1 Å². The van der Waals surface area contributed by atoms with E-state index in [1.807, 2.05) is 23.5 Å². The van der Waals surface area contributed by atoms with Crippen molar-refractivity contribution in [1.29, 1.82) is 0 Å². The van der Waals surface area contributed by atoms with Gasteiger partial charge in [-0.05, 0) is 17.6 Å². The molecule has 1 atom stereocenters. The van der Waals surface area contributed by atoms with E-state index in [1.54, 1.807) is 11.3 Å². The molecule has 2 nitrogen and oxygen atoms in total. The zero-order valence-corrected chi connectivity index (χ0v) is 10.8. The van der Waals surface area contributed by atoms with E-state index in [1.165, 1.54) is 4.88 Å². The monoisotopic (exact) mass is 243 g/mol. The quantitative estimate of drug-likeness (QED) is 0.866. The highest BCUT2D eigenvalue weighted by Gasteiger charge is 2.45. The van der Waals surface area contributed by atoms with E-state index in [2.05, 4.69) is 18.8 Å². The molecule has 1 aliphatic rings. The Kier molecular flexibility index (Phi) is 3.10. The fraction of sp³-hybridized carbons (Fsp3) is 0.727. The molecule has 0 aromatic carbocycles. The smallest absolute Gasteiger partial charge is 0.0837 e. The Morgan fingerprint density at radius 3 is 2.93 bits per heavy atom. The lowest BCUT2D eigenvalue weighted by Crippen LogP contribution is -2.51. The Morgan fingerprint density at radius 1 is 1.53 bits per heavy atom. The number of thiazole rings is 1. The Balaban J connectivity index is 2.17. The van der Waals surface area contributed by atoms with Crippen LogP contribution in [0, 0.1) is 5.41 Å². The molecule has 0 radical (unpaired) electrons. The first kappa shape index (κ1) is 11.4. The molecule has 1 N–H and O–H groups in total. The van der Waals surface area contributed by atoms with Crippen LogP contribution in [-0.4, -0.2) is 27.2 Å². The largest absolute Gasteiger partial charge is 0.388 e. The number of rotatable bonds is 2. The first-order valence-electron chi connectivity index (χ1n) is 5.21. The molecule has 15 heavy (non-hydrogen) atoms. The van der Waals surface area contributed by atoms with E-state index < -0.39 is 5.60 Å². The molecule has 0 saturated carbocycles. The van der Waals surface area contributed by atoms with Crippen molar-refractivity contribution in [1.82, 2.24) is 4.98 Å². The third-order valence-electron chi connectivity index (χ3n) is 3.42. The van der Waals surface area contributed by atoms with Crippen molar-refractivity contribution in [2.75, 3.05) is 11.5 Å². The van der Waals surface area contributed by atoms with E-state index in [9.17, 15) is 5.11 Å². The first-order chi connectivity index (χ1) is 7.04. The highest BCUT2D eigenvalue weighted by molar-refractivity contribution is 7.99. The molecule has 1 aliphatic heterocycles. The number of thioether (sulfide) groups is 1. The SMILES string of the molecule is CC1(C)CCSCC1(O)Cc1cncs1. The van der Waals surface area contributed by atoms with Crippen molar-refractivity contribution >= 4 is 23.1 Å². The average Bonchev–Trinajstić information content (AvgIpc) is 2.63. The maximum absolute atomic E-state index is 10.7. The lowest BCUT2D eigenvalue weighted by molar-refractivity contribution is -0.0507. The van der Waals surface area contributed by atoms with Crippen molar-refractivity contribution in [3.63, 3.8) is 0 Å². The predicted octanol–water partition coefficient (Wildman–Crippen LogP) is 2.58. The molecule has 1 unspecified atom stereocenters. The van der Waals surface area contributed by atoms with Gasteiger partial charge in [0, 0.05) is 23.2 Å². The summed E-state index contributed by atoms with van der Waals surface area (Å²) in [4.78, 5) is 5.26. The van der Waals surface area contributed by atoms with E-state index >= 15 is 0 Å². The minimum absolute atomic E-state index is 0.0161. The van der Waals surface area contributed by atoms with Gasteiger partial charge in [-0.3, -0.25) is 4.98 Å². The van der Waals surface area contributed by atoms with Crippen LogP contribution < -0.4 is 0 Å². The van der Waals surface area contributed by atoms with Crippen LogP contribution in [0.1, 0.15) is 25.1 Å². The number of aromatic nitrogens is 1. The van der Waals surface area contributed by atoms with Crippen LogP contribution in [0.2, 0.25) is 0 Å². The fourth-order valence-corrected chi connectivity index (χ4v) is 4.23. The summed E-state index contributed by atoms with van der Waals surface area (Å²) >= 11 is 3.50. The van der Waals surface area contributed by atoms with Crippen LogP contribution in [-0.2, 0) is 6.42 Å². The second-order valence-electron chi connectivity index (χ2n) is 4.86. The molecule has 2 heterocycles. The second kappa shape index (κ2) is 4.07. The average molecular weight is 243 g/mol. The number of aliphatic hydroxyl groups is 1. The lowest BCUT2D eigenvalue weighted by atomic mass is 9.71. The second-order valence-corrected chi connectivity index (χ2v) is 6.94. The lowest BCUT2D eigenvalue weighted by Gasteiger charge is -2.46. The molecule has 1 saturated heterocycles. The Morgan fingerprint density at radius 2 is 2.33 bits per heavy atom. The standard InChI is InChI=1S/C11H17NOS2/c1-10(2)3-4-14-7-11(10,13)5-9-6-12-8-15-9/h6,8,13H,3-5,7H2,1-2H3. The summed E-state index contributed by atoms with van der Waals surface area (Å²) in [6.45, 7) is 4.35. The summed E-state index contributed by atoms with van der Waals surface area (Å²) in [5.41, 5.74) is 1.28. The van der Waals surface area contributed by atoms with Crippen LogP contribution in [0.5, 0.6) is 0 Å². The van der Waals surface area contributed by atoms with Gasteiger partial charge in [0.1, 0.15) is 0 Å². The summed E-state index contributed by atoms with van der Waals surface area (Å²) in [5.74, 6) is 2.01. The van der Waals surface area contributed by atoms with Crippen LogP contribution in [0.3, 0.4) is 0 Å². The van der Waals surface area contributed by atoms with Gasteiger partial charge in [-0.15, -0.1) is 11.3 Å². The molecule has 1 aromatic rings. The van der Waals surface area contributed by atoms with Crippen molar-refractivity contribution in [3.8, 4) is 0 Å². The van der Waals surface area contributed by atoms with Crippen molar-refractivity contribution in [3.05, 3.63) is 16.6 Å². The zero-order valence-electron chi connectivity index (χ0n) is 9.19. The fourth-order valence-electron chi connectivity index (χ4n) is 1.90. The number of hydrogen-bond donors (Lipinski definition) is 1. The van der Waals surface area contributed by atoms with Gasteiger partial charge in [0.25, 0.3) is 0 Å². The molecule has 0 aliphatic carbocycles. The Labute approximate surface area is 99.1 Å². The van der Waals surface area contributed by atoms with Gasteiger partial charge >= 0.3 is 0 Å². The highest BCUT2D eigenvalue weighted by atomic mass is 32.2. The molecule has 0 bridgehead atoms. The molecular formula is C11H17NOS2. The molecule has 0 amide bonds. The normalized spacial score (nSPS) is 30.3. The maximum atomic E-state index is 10.7. The van der Waals surface area contributed by atoms with E-state index in [0.717, 1.165) is 24.3 Å². The van der Waals surface area contributed by atoms with E-state index in [4.69, 9.17) is 0 Å². The summed E-state index contributed by atoms with van der Waals surface area (Å²) in [6.07, 6.45) is 3.71. The number of hydrogen-bond acceptors (Lipinski definition) is 4. The summed E-state index contributed by atoms with van der Waals surface area (Å²) in [6, 6.07) is 0. The van der Waals surface area contributed by atoms with Gasteiger partial charge in [0.15, 0.2) is 0 Å². The Hall–Kier alpha value is -0.0600. The van der Waals surface area contributed by atoms with E-state index in [-0.39, 0.29) is 5.41 Å². The molecule has 2 rings (SSSR count). The van der Waals surface area contributed by atoms with Crippen molar-refractivity contribution in [2.24, 2.45) is 5.41 Å². The maximum Gasteiger partial charge on any atom is 0.0837 e. The minimum atomic E-state index is -0.567. The van der Waals surface area contributed by atoms with Crippen LogP contribution >= 0.6 is 23.1 Å². The van der Waals surface area contributed by atoms with Crippen LogP contribution in [0.15, 0.2) is 11.7 Å². The molecule has 84 valence electrons. The third kappa shape index (κ3) is 2.22. The molecule has 1 aromatic heterocycles. The molecule has 0 spiro atoms. The van der Waals surface area contributed by atoms with E-state index in [0.29, 0.717) is 0 Å². The van der Waals surface area contributed by atoms with Gasteiger partial charge in [-0.2, -0.15) is 11.8 Å². The van der Waals surface area contributed by atoms with Crippen molar-refractivity contribution < 1.29 is 5.11 Å².